The largest absolute Gasteiger partial charge is 0.468 e. The Morgan fingerprint density at radius 1 is 1.11 bits per heavy atom. The number of nitrogens with zero attached hydrogens (tertiary/aromatic N) is 1. The van der Waals surface area contributed by atoms with Gasteiger partial charge in [-0.05, 0) is 55.8 Å². The van der Waals surface area contributed by atoms with Crippen LogP contribution >= 0.6 is 0 Å². The number of furan rings is 1. The number of sulfonamides is 1. The van der Waals surface area contributed by atoms with Crippen LogP contribution in [0.1, 0.15) is 27.4 Å². The van der Waals surface area contributed by atoms with Crippen molar-refractivity contribution in [1.82, 2.24) is 9.71 Å². The van der Waals surface area contributed by atoms with Gasteiger partial charge < -0.3 is 9.73 Å². The number of carbonyl (C=O) groups excluding carboxylic acids is 1. The molecule has 3 aromatic rings. The molecule has 3 rings (SSSR count). The first-order chi connectivity index (χ1) is 12.8. The average molecular weight is 385 g/mol. The molecule has 2 aromatic heterocycles. The number of rotatable bonds is 6. The lowest BCUT2D eigenvalue weighted by Gasteiger charge is -2.11. The topological polar surface area (TPSA) is 101 Å². The standard InChI is InChI=1S/C19H19N3O4S/c1-13-8-9-16(27(24,25)20-12-15-6-4-10-26-15)11-17(13)19(23)22-18-7-3-5-14(2)21-18/h3-11,20H,12H2,1-2H3,(H,21,22,23). The Kier molecular flexibility index (Phi) is 5.38. The van der Waals surface area contributed by atoms with Crippen molar-refractivity contribution in [3.05, 3.63) is 77.4 Å². The van der Waals surface area contributed by atoms with Crippen molar-refractivity contribution >= 4 is 21.7 Å². The molecule has 8 heteroatoms. The monoisotopic (exact) mass is 385 g/mol. The first-order valence-electron chi connectivity index (χ1n) is 8.23. The highest BCUT2D eigenvalue weighted by atomic mass is 32.2. The lowest BCUT2D eigenvalue weighted by atomic mass is 10.1. The zero-order valence-corrected chi connectivity index (χ0v) is 15.7. The maximum absolute atomic E-state index is 12.6. The number of hydrogen-bond donors (Lipinski definition) is 2. The molecule has 27 heavy (non-hydrogen) atoms. The van der Waals surface area contributed by atoms with Gasteiger partial charge >= 0.3 is 0 Å². The number of aryl methyl sites for hydroxylation is 2. The predicted molar refractivity (Wildman–Crippen MR) is 101 cm³/mol. The molecule has 0 atom stereocenters. The summed E-state index contributed by atoms with van der Waals surface area (Å²) in [5.41, 5.74) is 1.69. The first-order valence-corrected chi connectivity index (χ1v) is 9.71. The van der Waals surface area contributed by atoms with E-state index < -0.39 is 15.9 Å². The molecular weight excluding hydrogens is 366 g/mol. The quantitative estimate of drug-likeness (QED) is 0.679. The molecule has 0 aliphatic rings. The summed E-state index contributed by atoms with van der Waals surface area (Å²) < 4.78 is 32.6. The van der Waals surface area contributed by atoms with Crippen LogP contribution in [0.4, 0.5) is 5.82 Å². The fraction of sp³-hybridized carbons (Fsp3) is 0.158. The molecule has 1 aromatic carbocycles. The Balaban J connectivity index is 1.81. The number of carbonyl (C=O) groups is 1. The maximum atomic E-state index is 12.6. The van der Waals surface area contributed by atoms with Crippen molar-refractivity contribution in [2.24, 2.45) is 0 Å². The summed E-state index contributed by atoms with van der Waals surface area (Å²) in [6, 6.07) is 13.0. The Bertz CT molecular complexity index is 1060. The van der Waals surface area contributed by atoms with Crippen molar-refractivity contribution in [3.8, 4) is 0 Å². The van der Waals surface area contributed by atoms with E-state index in [0.29, 0.717) is 17.1 Å². The van der Waals surface area contributed by atoms with Gasteiger partial charge in [0.15, 0.2) is 0 Å². The fourth-order valence-electron chi connectivity index (χ4n) is 2.47. The molecule has 140 valence electrons. The molecule has 7 nitrogen and oxygen atoms in total. The third-order valence-corrected chi connectivity index (χ3v) is 5.31. The van der Waals surface area contributed by atoms with Crippen LogP contribution in [0.15, 0.2) is 64.1 Å². The van der Waals surface area contributed by atoms with Crippen molar-refractivity contribution in [2.75, 3.05) is 5.32 Å². The van der Waals surface area contributed by atoms with E-state index in [1.807, 2.05) is 13.0 Å². The zero-order valence-electron chi connectivity index (χ0n) is 14.9. The molecule has 2 heterocycles. The van der Waals surface area contributed by atoms with E-state index in [1.165, 1.54) is 18.4 Å². The van der Waals surface area contributed by atoms with Crippen molar-refractivity contribution < 1.29 is 17.6 Å². The Morgan fingerprint density at radius 2 is 1.93 bits per heavy atom. The smallest absolute Gasteiger partial charge is 0.257 e. The summed E-state index contributed by atoms with van der Waals surface area (Å²) in [6.45, 7) is 3.59. The summed E-state index contributed by atoms with van der Waals surface area (Å²) in [4.78, 5) is 16.8. The van der Waals surface area contributed by atoms with Gasteiger partial charge in [0.25, 0.3) is 5.91 Å². The molecule has 0 unspecified atom stereocenters. The van der Waals surface area contributed by atoms with Gasteiger partial charge in [-0.3, -0.25) is 4.79 Å². The number of hydrogen-bond acceptors (Lipinski definition) is 5. The lowest BCUT2D eigenvalue weighted by Crippen LogP contribution is -2.24. The molecular formula is C19H19N3O4S. The second-order valence-corrected chi connectivity index (χ2v) is 7.77. The van der Waals surface area contributed by atoms with Gasteiger partial charge in [-0.1, -0.05) is 12.1 Å². The van der Waals surface area contributed by atoms with Crippen LogP contribution in [-0.4, -0.2) is 19.3 Å². The third kappa shape index (κ3) is 4.60. The number of amides is 1. The van der Waals surface area contributed by atoms with Gasteiger partial charge in [-0.2, -0.15) is 0 Å². The van der Waals surface area contributed by atoms with Gasteiger partial charge in [0, 0.05) is 11.3 Å². The van der Waals surface area contributed by atoms with Crippen LogP contribution in [0.3, 0.4) is 0 Å². The summed E-state index contributed by atoms with van der Waals surface area (Å²) in [5.74, 6) is 0.478. The zero-order chi connectivity index (χ0) is 19.4. The van der Waals surface area contributed by atoms with Crippen LogP contribution < -0.4 is 10.0 Å². The van der Waals surface area contributed by atoms with E-state index in [4.69, 9.17) is 4.42 Å². The minimum absolute atomic E-state index is 0.00186. The fourth-order valence-corrected chi connectivity index (χ4v) is 3.49. The number of anilines is 1. The normalized spacial score (nSPS) is 11.3. The van der Waals surface area contributed by atoms with Crippen molar-refractivity contribution in [2.45, 2.75) is 25.3 Å². The molecule has 0 radical (unpaired) electrons. The summed E-state index contributed by atoms with van der Waals surface area (Å²) >= 11 is 0. The molecule has 1 amide bonds. The SMILES string of the molecule is Cc1cccc(NC(=O)c2cc(S(=O)(=O)NCc3ccco3)ccc2C)n1. The van der Waals surface area contributed by atoms with Gasteiger partial charge in [-0.25, -0.2) is 18.1 Å². The molecule has 0 bridgehead atoms. The van der Waals surface area contributed by atoms with Crippen LogP contribution in [0, 0.1) is 13.8 Å². The molecule has 2 N–H and O–H groups in total. The number of aromatic nitrogens is 1. The molecule has 0 aliphatic carbocycles. The van der Waals surface area contributed by atoms with Crippen LogP contribution in [0.5, 0.6) is 0 Å². The Hall–Kier alpha value is -2.97. The summed E-state index contributed by atoms with van der Waals surface area (Å²) in [5, 5.41) is 2.69. The number of benzene rings is 1. The second-order valence-electron chi connectivity index (χ2n) is 6.00. The molecule has 0 spiro atoms. The Morgan fingerprint density at radius 3 is 2.63 bits per heavy atom. The molecule has 0 saturated heterocycles. The summed E-state index contributed by atoms with van der Waals surface area (Å²) in [6.07, 6.45) is 1.47. The van der Waals surface area contributed by atoms with E-state index >= 15 is 0 Å². The van der Waals surface area contributed by atoms with E-state index in [-0.39, 0.29) is 17.0 Å². The average Bonchev–Trinajstić information content (AvgIpc) is 3.14. The molecule has 0 fully saturated rings. The van der Waals surface area contributed by atoms with Gasteiger partial charge in [0.05, 0.1) is 17.7 Å². The van der Waals surface area contributed by atoms with E-state index in [2.05, 4.69) is 15.0 Å². The maximum Gasteiger partial charge on any atom is 0.257 e. The third-order valence-electron chi connectivity index (χ3n) is 3.91. The minimum Gasteiger partial charge on any atom is -0.468 e. The van der Waals surface area contributed by atoms with Crippen molar-refractivity contribution in [1.29, 1.82) is 0 Å². The summed E-state index contributed by atoms with van der Waals surface area (Å²) in [7, 11) is -3.79. The van der Waals surface area contributed by atoms with Gasteiger partial charge in [0.1, 0.15) is 11.6 Å². The van der Waals surface area contributed by atoms with Gasteiger partial charge in [0.2, 0.25) is 10.0 Å². The highest BCUT2D eigenvalue weighted by molar-refractivity contribution is 7.89. The number of nitrogens with one attached hydrogen (secondary N) is 2. The number of pyridine rings is 1. The predicted octanol–water partition coefficient (Wildman–Crippen LogP) is 3.02. The van der Waals surface area contributed by atoms with Crippen LogP contribution in [-0.2, 0) is 16.6 Å². The van der Waals surface area contributed by atoms with Crippen LogP contribution in [0.25, 0.3) is 0 Å². The highest BCUT2D eigenvalue weighted by Gasteiger charge is 2.18. The van der Waals surface area contributed by atoms with E-state index in [0.717, 1.165) is 5.69 Å². The van der Waals surface area contributed by atoms with Crippen LogP contribution in [0.2, 0.25) is 0 Å². The molecule has 0 aliphatic heterocycles. The molecule has 0 saturated carbocycles. The second kappa shape index (κ2) is 7.73. The first kappa shape index (κ1) is 18.8. The van der Waals surface area contributed by atoms with E-state index in [9.17, 15) is 13.2 Å². The highest BCUT2D eigenvalue weighted by Crippen LogP contribution is 2.18. The van der Waals surface area contributed by atoms with Gasteiger partial charge in [-0.15, -0.1) is 0 Å². The Labute approximate surface area is 157 Å². The van der Waals surface area contributed by atoms with E-state index in [1.54, 1.807) is 37.3 Å². The minimum atomic E-state index is -3.79. The lowest BCUT2D eigenvalue weighted by molar-refractivity contribution is 0.102. The van der Waals surface area contributed by atoms with Crippen molar-refractivity contribution in [3.63, 3.8) is 0 Å².